The van der Waals surface area contributed by atoms with Gasteiger partial charge in [-0.1, -0.05) is 147 Å². The molecule has 8 atom stereocenters. The zero-order chi connectivity index (χ0) is 39.3. The van der Waals surface area contributed by atoms with Crippen molar-refractivity contribution in [2.75, 3.05) is 13.2 Å². The Morgan fingerprint density at radius 3 is 1.81 bits per heavy atom. The molecule has 0 radical (unpaired) electrons. The van der Waals surface area contributed by atoms with Crippen LogP contribution in [0.1, 0.15) is 155 Å². The normalized spacial score (nSPS) is 22.8. The van der Waals surface area contributed by atoms with Crippen LogP contribution in [-0.2, 0) is 28.9 Å². The van der Waals surface area contributed by atoms with Gasteiger partial charge in [0.1, 0.15) is 30.5 Å². The van der Waals surface area contributed by atoms with Crippen LogP contribution in [0.15, 0.2) is 24.3 Å². The molecule has 7 N–H and O–H groups in total. The van der Waals surface area contributed by atoms with Gasteiger partial charge in [0, 0.05) is 0 Å². The molecule has 0 aliphatic carbocycles. The molecule has 0 spiro atoms. The predicted molar refractivity (Wildman–Crippen MR) is 205 cm³/mol. The zero-order valence-corrected chi connectivity index (χ0v) is 33.3. The fourth-order valence-corrected chi connectivity index (χ4v) is 6.81. The van der Waals surface area contributed by atoms with Crippen LogP contribution in [0.25, 0.3) is 0 Å². The summed E-state index contributed by atoms with van der Waals surface area (Å²) in [5, 5.41) is 54.9. The highest BCUT2D eigenvalue weighted by atomic mass is 32.3. The molecule has 0 aromatic rings. The third kappa shape index (κ3) is 23.9. The van der Waals surface area contributed by atoms with Crippen LogP contribution >= 0.6 is 0 Å². The number of carbonyl (C=O) groups excluding carboxylic acids is 1. The average Bonchev–Trinajstić information content (AvgIpc) is 3.12. The summed E-state index contributed by atoms with van der Waals surface area (Å²) < 4.78 is 47.3. The highest BCUT2D eigenvalue weighted by Crippen LogP contribution is 2.26. The first-order valence-electron chi connectivity index (χ1n) is 20.3. The molecule has 0 aromatic heterocycles. The Kier molecular flexibility index (Phi) is 28.7. The summed E-state index contributed by atoms with van der Waals surface area (Å²) in [7, 11) is -5.11. The van der Waals surface area contributed by atoms with Crippen molar-refractivity contribution in [3.63, 3.8) is 0 Å². The molecule has 0 saturated carbocycles. The van der Waals surface area contributed by atoms with Crippen molar-refractivity contribution in [2.24, 2.45) is 0 Å². The lowest BCUT2D eigenvalue weighted by Crippen LogP contribution is -2.61. The Labute approximate surface area is 319 Å². The highest BCUT2D eigenvalue weighted by molar-refractivity contribution is 7.80. The quantitative estimate of drug-likeness (QED) is 0.0248. The van der Waals surface area contributed by atoms with Gasteiger partial charge in [-0.15, -0.1) is 0 Å². The number of unbranched alkanes of at least 4 members (excludes halogenated alkanes) is 18. The van der Waals surface area contributed by atoms with E-state index in [0.717, 1.165) is 38.5 Å². The molecule has 312 valence electrons. The van der Waals surface area contributed by atoms with Crippen LogP contribution in [0.2, 0.25) is 0 Å². The van der Waals surface area contributed by atoms with Gasteiger partial charge in [0.15, 0.2) is 6.29 Å². The minimum Gasteiger partial charge on any atom is -0.394 e. The summed E-state index contributed by atoms with van der Waals surface area (Å²) in [6, 6.07) is -1.13. The maximum Gasteiger partial charge on any atom is 0.397 e. The summed E-state index contributed by atoms with van der Waals surface area (Å²) in [4.78, 5) is 13.0. The Bertz CT molecular complexity index is 1070. The van der Waals surface area contributed by atoms with Crippen molar-refractivity contribution in [2.45, 2.75) is 204 Å². The SMILES string of the molecule is CCCCCCCCC/C=C/CC/C=C/C(O)C(COC1OC(CO)C(O)C(OS(=O)(=O)O)C1O)NC(=O)C(O)CCCCCCCCCCCCC. The van der Waals surface area contributed by atoms with E-state index in [1.165, 1.54) is 89.5 Å². The molecule has 1 saturated heterocycles. The highest BCUT2D eigenvalue weighted by Gasteiger charge is 2.48. The van der Waals surface area contributed by atoms with Gasteiger partial charge in [-0.2, -0.15) is 8.42 Å². The van der Waals surface area contributed by atoms with E-state index in [0.29, 0.717) is 12.8 Å². The minimum atomic E-state index is -5.11. The molecule has 1 fully saturated rings. The smallest absolute Gasteiger partial charge is 0.394 e. The van der Waals surface area contributed by atoms with Gasteiger partial charge in [-0.05, 0) is 32.1 Å². The van der Waals surface area contributed by atoms with Crippen molar-refractivity contribution in [3.8, 4) is 0 Å². The molecule has 1 heterocycles. The molecule has 0 aromatic carbocycles. The number of aliphatic hydroxyl groups excluding tert-OH is 5. The van der Waals surface area contributed by atoms with Crippen molar-refractivity contribution < 1.29 is 57.0 Å². The number of carbonyl (C=O) groups is 1. The fraction of sp³-hybridized carbons (Fsp3) is 0.872. The van der Waals surface area contributed by atoms with Gasteiger partial charge < -0.3 is 40.3 Å². The first-order chi connectivity index (χ1) is 25.4. The van der Waals surface area contributed by atoms with E-state index in [9.17, 15) is 38.7 Å². The summed E-state index contributed by atoms with van der Waals surface area (Å²) in [6.07, 6.45) is 19.9. The molecule has 13 nitrogen and oxygen atoms in total. The van der Waals surface area contributed by atoms with Crippen molar-refractivity contribution >= 4 is 16.3 Å². The number of rotatable bonds is 33. The van der Waals surface area contributed by atoms with Crippen LogP contribution < -0.4 is 5.32 Å². The lowest BCUT2D eigenvalue weighted by Gasteiger charge is -2.41. The monoisotopic (exact) mass is 779 g/mol. The van der Waals surface area contributed by atoms with E-state index >= 15 is 0 Å². The molecule has 1 aliphatic heterocycles. The third-order valence-electron chi connectivity index (χ3n) is 9.59. The molecule has 1 rings (SSSR count). The maximum absolute atomic E-state index is 13.0. The molecule has 1 aliphatic rings. The van der Waals surface area contributed by atoms with E-state index in [4.69, 9.17) is 14.0 Å². The van der Waals surface area contributed by atoms with Gasteiger partial charge in [-0.3, -0.25) is 9.35 Å². The number of nitrogens with one attached hydrogen (secondary N) is 1. The summed E-state index contributed by atoms with van der Waals surface area (Å²) in [6.45, 7) is 3.14. The van der Waals surface area contributed by atoms with E-state index in [1.54, 1.807) is 6.08 Å². The number of ether oxygens (including phenoxy) is 2. The molecule has 1 amide bonds. The molecular weight excluding hydrogens is 706 g/mol. The Balaban J connectivity index is 2.72. The lowest BCUT2D eigenvalue weighted by molar-refractivity contribution is -0.298. The van der Waals surface area contributed by atoms with E-state index in [1.807, 2.05) is 0 Å². The summed E-state index contributed by atoms with van der Waals surface area (Å²) in [5.74, 6) is -0.715. The topological polar surface area (TPSA) is 212 Å². The van der Waals surface area contributed by atoms with Crippen molar-refractivity contribution in [3.05, 3.63) is 24.3 Å². The lowest BCUT2D eigenvalue weighted by atomic mass is 9.99. The minimum absolute atomic E-state index is 0.239. The first kappa shape index (κ1) is 49.6. The number of amides is 1. The van der Waals surface area contributed by atoms with E-state index in [-0.39, 0.29) is 6.42 Å². The largest absolute Gasteiger partial charge is 0.397 e. The fourth-order valence-electron chi connectivity index (χ4n) is 6.30. The van der Waals surface area contributed by atoms with E-state index in [2.05, 4.69) is 35.5 Å². The number of aliphatic hydroxyl groups is 5. The van der Waals surface area contributed by atoms with Gasteiger partial charge in [0.2, 0.25) is 5.91 Å². The predicted octanol–water partition coefficient (Wildman–Crippen LogP) is 5.57. The third-order valence-corrected chi connectivity index (χ3v) is 10.1. The van der Waals surface area contributed by atoms with Gasteiger partial charge in [0.25, 0.3) is 0 Å². The second-order valence-corrected chi connectivity index (χ2v) is 15.4. The summed E-state index contributed by atoms with van der Waals surface area (Å²) in [5.41, 5.74) is 0. The van der Waals surface area contributed by atoms with Gasteiger partial charge in [0.05, 0.1) is 25.4 Å². The van der Waals surface area contributed by atoms with Crippen LogP contribution in [0.3, 0.4) is 0 Å². The first-order valence-corrected chi connectivity index (χ1v) is 21.7. The number of hydrogen-bond donors (Lipinski definition) is 7. The number of allylic oxidation sites excluding steroid dienone is 3. The number of hydrogen-bond acceptors (Lipinski definition) is 11. The van der Waals surface area contributed by atoms with Gasteiger partial charge >= 0.3 is 10.4 Å². The van der Waals surface area contributed by atoms with Crippen molar-refractivity contribution in [1.29, 1.82) is 0 Å². The molecule has 0 bridgehead atoms. The van der Waals surface area contributed by atoms with Crippen LogP contribution in [-0.4, -0.2) is 107 Å². The van der Waals surface area contributed by atoms with Crippen molar-refractivity contribution in [1.82, 2.24) is 5.32 Å². The second kappa shape index (κ2) is 30.7. The van der Waals surface area contributed by atoms with Crippen LogP contribution in [0.4, 0.5) is 0 Å². The standard InChI is InChI=1S/C39H73NO12S/c1-3-5-7-9-11-13-15-16-18-19-21-23-25-27-32(42)31(30-50-39-36(45)37(52-53(47,48)49)35(44)34(29-41)51-39)40-38(46)33(43)28-26-24-22-20-17-14-12-10-8-6-4-2/h18-19,25,27,31-37,39,41-45H,3-17,20-24,26,28-30H2,1-2H3,(H,40,46)(H,47,48,49)/b19-18+,27-25+. The molecular formula is C39H73NO12S. The second-order valence-electron chi connectivity index (χ2n) is 14.4. The Morgan fingerprint density at radius 2 is 1.26 bits per heavy atom. The summed E-state index contributed by atoms with van der Waals surface area (Å²) >= 11 is 0. The van der Waals surface area contributed by atoms with Crippen LogP contribution in [0.5, 0.6) is 0 Å². The molecule has 53 heavy (non-hydrogen) atoms. The average molecular weight is 780 g/mol. The van der Waals surface area contributed by atoms with E-state index < -0.39 is 78.5 Å². The zero-order valence-electron chi connectivity index (χ0n) is 32.4. The van der Waals surface area contributed by atoms with Gasteiger partial charge in [-0.25, -0.2) is 4.18 Å². The Hall–Kier alpha value is -1.46. The van der Waals surface area contributed by atoms with Crippen LogP contribution in [0, 0.1) is 0 Å². The molecule has 8 unspecified atom stereocenters. The maximum atomic E-state index is 13.0. The molecule has 14 heteroatoms. The Morgan fingerprint density at radius 1 is 0.755 bits per heavy atom.